The number of carbonyl (C=O) groups is 1. The van der Waals surface area contributed by atoms with Gasteiger partial charge in [-0.05, 0) is 18.6 Å². The minimum atomic E-state index is -0.225. The standard InChI is InChI=1S/C16H20N2O3/c1-11-14(13-4-2-3-5-15(13)17-11)8-16(20)18-6-7-21-10-12(18)9-19/h2-5,12,17,19H,6-10H2,1H3. The number of H-pyrrole nitrogens is 1. The van der Waals surface area contributed by atoms with Crippen molar-refractivity contribution in [1.29, 1.82) is 0 Å². The van der Waals surface area contributed by atoms with E-state index in [-0.39, 0.29) is 18.6 Å². The van der Waals surface area contributed by atoms with Crippen LogP contribution in [0.3, 0.4) is 0 Å². The number of aryl methyl sites for hydroxylation is 1. The molecule has 1 aliphatic heterocycles. The number of aliphatic hydroxyl groups is 1. The Bertz CT molecular complexity index is 650. The molecular weight excluding hydrogens is 268 g/mol. The number of amides is 1. The Labute approximate surface area is 123 Å². The number of hydrogen-bond donors (Lipinski definition) is 2. The number of ether oxygens (including phenoxy) is 1. The molecule has 1 aromatic heterocycles. The summed E-state index contributed by atoms with van der Waals surface area (Å²) in [5, 5.41) is 10.5. The second-order valence-corrected chi connectivity index (χ2v) is 5.45. The number of aromatic nitrogens is 1. The van der Waals surface area contributed by atoms with Gasteiger partial charge in [0.15, 0.2) is 0 Å². The van der Waals surface area contributed by atoms with Crippen molar-refractivity contribution in [2.24, 2.45) is 0 Å². The number of nitrogens with zero attached hydrogens (tertiary/aromatic N) is 1. The fourth-order valence-electron chi connectivity index (χ4n) is 2.95. The summed E-state index contributed by atoms with van der Waals surface area (Å²) < 4.78 is 5.32. The maximum absolute atomic E-state index is 12.6. The fraction of sp³-hybridized carbons (Fsp3) is 0.438. The molecule has 0 radical (unpaired) electrons. The van der Waals surface area contributed by atoms with Crippen molar-refractivity contribution in [3.05, 3.63) is 35.5 Å². The van der Waals surface area contributed by atoms with Crippen molar-refractivity contribution < 1.29 is 14.6 Å². The van der Waals surface area contributed by atoms with Crippen LogP contribution in [-0.4, -0.2) is 53.3 Å². The summed E-state index contributed by atoms with van der Waals surface area (Å²) in [6.45, 7) is 3.43. The van der Waals surface area contributed by atoms with Crippen LogP contribution < -0.4 is 0 Å². The Morgan fingerprint density at radius 1 is 1.48 bits per heavy atom. The molecule has 2 N–H and O–H groups in total. The normalized spacial score (nSPS) is 19.1. The monoisotopic (exact) mass is 288 g/mol. The van der Waals surface area contributed by atoms with Gasteiger partial charge in [0.05, 0.1) is 32.3 Å². The topological polar surface area (TPSA) is 65.6 Å². The van der Waals surface area contributed by atoms with Gasteiger partial charge < -0.3 is 19.7 Å². The van der Waals surface area contributed by atoms with Crippen LogP contribution in [0.15, 0.2) is 24.3 Å². The SMILES string of the molecule is Cc1[nH]c2ccccc2c1CC(=O)N1CCOCC1CO. The van der Waals surface area contributed by atoms with Gasteiger partial charge in [-0.15, -0.1) is 0 Å². The molecule has 0 spiro atoms. The zero-order chi connectivity index (χ0) is 14.8. The van der Waals surface area contributed by atoms with Crippen molar-refractivity contribution in [2.45, 2.75) is 19.4 Å². The molecule has 0 bridgehead atoms. The summed E-state index contributed by atoms with van der Waals surface area (Å²) in [7, 11) is 0. The van der Waals surface area contributed by atoms with Crippen molar-refractivity contribution in [1.82, 2.24) is 9.88 Å². The molecule has 1 aromatic carbocycles. The minimum absolute atomic E-state index is 0.0465. The van der Waals surface area contributed by atoms with Gasteiger partial charge in [0.25, 0.3) is 0 Å². The number of aromatic amines is 1. The molecule has 1 aliphatic rings. The second kappa shape index (κ2) is 5.87. The molecule has 3 rings (SSSR count). The molecule has 21 heavy (non-hydrogen) atoms. The van der Waals surface area contributed by atoms with Crippen molar-refractivity contribution in [3.63, 3.8) is 0 Å². The van der Waals surface area contributed by atoms with Crippen molar-refractivity contribution in [2.75, 3.05) is 26.4 Å². The summed E-state index contributed by atoms with van der Waals surface area (Å²) in [6, 6.07) is 7.78. The third-order valence-electron chi connectivity index (χ3n) is 4.11. The van der Waals surface area contributed by atoms with Crippen LogP contribution >= 0.6 is 0 Å². The lowest BCUT2D eigenvalue weighted by molar-refractivity contribution is -0.140. The molecular formula is C16H20N2O3. The summed E-state index contributed by atoms with van der Waals surface area (Å²) in [6.07, 6.45) is 0.354. The number of rotatable bonds is 3. The van der Waals surface area contributed by atoms with E-state index in [0.29, 0.717) is 26.2 Å². The third kappa shape index (κ3) is 2.66. The van der Waals surface area contributed by atoms with Gasteiger partial charge in [-0.2, -0.15) is 0 Å². The maximum Gasteiger partial charge on any atom is 0.227 e. The first-order chi connectivity index (χ1) is 10.2. The minimum Gasteiger partial charge on any atom is -0.394 e. The van der Waals surface area contributed by atoms with Gasteiger partial charge in [-0.25, -0.2) is 0 Å². The van der Waals surface area contributed by atoms with Crippen LogP contribution in [0.25, 0.3) is 10.9 Å². The van der Waals surface area contributed by atoms with Gasteiger partial charge >= 0.3 is 0 Å². The first kappa shape index (κ1) is 14.1. The van der Waals surface area contributed by atoms with Crippen LogP contribution in [0.2, 0.25) is 0 Å². The molecule has 0 aliphatic carbocycles. The number of hydrogen-bond acceptors (Lipinski definition) is 3. The lowest BCUT2D eigenvalue weighted by Crippen LogP contribution is -2.51. The summed E-state index contributed by atoms with van der Waals surface area (Å²) in [4.78, 5) is 17.6. The number of morpholine rings is 1. The first-order valence-corrected chi connectivity index (χ1v) is 7.25. The number of aliphatic hydroxyl groups excluding tert-OH is 1. The maximum atomic E-state index is 12.6. The molecule has 5 nitrogen and oxygen atoms in total. The number of benzene rings is 1. The highest BCUT2D eigenvalue weighted by atomic mass is 16.5. The molecule has 1 saturated heterocycles. The number of nitrogens with one attached hydrogen (secondary N) is 1. The van der Waals surface area contributed by atoms with Gasteiger partial charge in [-0.3, -0.25) is 4.79 Å². The van der Waals surface area contributed by atoms with Crippen LogP contribution in [0.1, 0.15) is 11.3 Å². The molecule has 2 heterocycles. The molecule has 1 amide bonds. The van der Waals surface area contributed by atoms with E-state index in [1.807, 2.05) is 31.2 Å². The van der Waals surface area contributed by atoms with Gasteiger partial charge in [0.2, 0.25) is 5.91 Å². The lowest BCUT2D eigenvalue weighted by Gasteiger charge is -2.34. The number of fused-ring (bicyclic) bond motifs is 1. The number of carbonyl (C=O) groups excluding carboxylic acids is 1. The van der Waals surface area contributed by atoms with Crippen LogP contribution in [0.5, 0.6) is 0 Å². The first-order valence-electron chi connectivity index (χ1n) is 7.25. The molecule has 0 saturated carbocycles. The zero-order valence-corrected chi connectivity index (χ0v) is 12.1. The Morgan fingerprint density at radius 2 is 2.29 bits per heavy atom. The van der Waals surface area contributed by atoms with Crippen LogP contribution in [0.4, 0.5) is 0 Å². The highest BCUT2D eigenvalue weighted by Gasteiger charge is 2.27. The predicted molar refractivity (Wildman–Crippen MR) is 80.1 cm³/mol. The van der Waals surface area contributed by atoms with E-state index < -0.39 is 0 Å². The largest absolute Gasteiger partial charge is 0.394 e. The summed E-state index contributed by atoms with van der Waals surface area (Å²) in [5.74, 6) is 0.0465. The summed E-state index contributed by atoms with van der Waals surface area (Å²) in [5.41, 5.74) is 3.12. The highest BCUT2D eigenvalue weighted by Crippen LogP contribution is 2.23. The van der Waals surface area contributed by atoms with E-state index in [4.69, 9.17) is 4.74 Å². The Kier molecular flexibility index (Phi) is 3.94. The molecule has 1 atom stereocenters. The van der Waals surface area contributed by atoms with E-state index in [1.165, 1.54) is 0 Å². The Balaban J connectivity index is 1.84. The van der Waals surface area contributed by atoms with Gasteiger partial charge in [-0.1, -0.05) is 18.2 Å². The fourth-order valence-corrected chi connectivity index (χ4v) is 2.95. The number of para-hydroxylation sites is 1. The van der Waals surface area contributed by atoms with E-state index in [2.05, 4.69) is 4.98 Å². The summed E-state index contributed by atoms with van der Waals surface area (Å²) >= 11 is 0. The predicted octanol–water partition coefficient (Wildman–Crippen LogP) is 1.24. The van der Waals surface area contributed by atoms with E-state index >= 15 is 0 Å². The van der Waals surface area contributed by atoms with Crippen LogP contribution in [0, 0.1) is 6.92 Å². The molecule has 5 heteroatoms. The smallest absolute Gasteiger partial charge is 0.227 e. The van der Waals surface area contributed by atoms with Gasteiger partial charge in [0.1, 0.15) is 0 Å². The molecule has 1 fully saturated rings. The van der Waals surface area contributed by atoms with Crippen molar-refractivity contribution in [3.8, 4) is 0 Å². The zero-order valence-electron chi connectivity index (χ0n) is 12.1. The highest BCUT2D eigenvalue weighted by molar-refractivity contribution is 5.90. The van der Waals surface area contributed by atoms with E-state index in [9.17, 15) is 9.90 Å². The molecule has 112 valence electrons. The molecule has 1 unspecified atom stereocenters. The van der Waals surface area contributed by atoms with E-state index in [1.54, 1.807) is 4.90 Å². The third-order valence-corrected chi connectivity index (χ3v) is 4.11. The molecule has 2 aromatic rings. The quantitative estimate of drug-likeness (QED) is 0.893. The van der Waals surface area contributed by atoms with E-state index in [0.717, 1.165) is 22.2 Å². The second-order valence-electron chi connectivity index (χ2n) is 5.45. The van der Waals surface area contributed by atoms with Crippen LogP contribution in [-0.2, 0) is 16.0 Å². The van der Waals surface area contributed by atoms with Crippen molar-refractivity contribution >= 4 is 16.8 Å². The average molecular weight is 288 g/mol. The Morgan fingerprint density at radius 3 is 3.10 bits per heavy atom. The lowest BCUT2D eigenvalue weighted by atomic mass is 10.1. The van der Waals surface area contributed by atoms with Gasteiger partial charge in [0, 0.05) is 23.1 Å². The Hall–Kier alpha value is -1.85. The average Bonchev–Trinajstić information content (AvgIpc) is 2.83.